The molecule has 1 saturated heterocycles. The zero-order valence-electron chi connectivity index (χ0n) is 15.5. The summed E-state index contributed by atoms with van der Waals surface area (Å²) >= 11 is 0. The largest absolute Gasteiger partial charge is 0.496 e. The molecule has 138 valence electrons. The van der Waals surface area contributed by atoms with Crippen LogP contribution in [0.5, 0.6) is 5.75 Å². The summed E-state index contributed by atoms with van der Waals surface area (Å²) in [5.41, 5.74) is 2.31. The predicted molar refractivity (Wildman–Crippen MR) is 103 cm³/mol. The second-order valence-corrected chi connectivity index (χ2v) is 6.66. The number of benzene rings is 2. The Bertz CT molecular complexity index is 712. The second-order valence-electron chi connectivity index (χ2n) is 6.66. The number of amides is 2. The van der Waals surface area contributed by atoms with Crippen LogP contribution in [0.25, 0.3) is 0 Å². The Morgan fingerprint density at radius 2 is 1.69 bits per heavy atom. The number of methoxy groups -OCH3 is 1. The molecule has 1 aliphatic heterocycles. The average Bonchev–Trinajstić information content (AvgIpc) is 2.69. The van der Waals surface area contributed by atoms with Gasteiger partial charge in [0.1, 0.15) is 5.75 Å². The summed E-state index contributed by atoms with van der Waals surface area (Å²) in [5.74, 6) is 0.921. The lowest BCUT2D eigenvalue weighted by Crippen LogP contribution is -2.51. The van der Waals surface area contributed by atoms with Gasteiger partial charge in [0.25, 0.3) is 0 Å². The van der Waals surface area contributed by atoms with Gasteiger partial charge in [-0.15, -0.1) is 0 Å². The molecule has 26 heavy (non-hydrogen) atoms. The molecule has 1 fully saturated rings. The Kier molecular flexibility index (Phi) is 6.12. The molecule has 0 bridgehead atoms. The summed E-state index contributed by atoms with van der Waals surface area (Å²) < 4.78 is 5.43. The van der Waals surface area contributed by atoms with Crippen molar-refractivity contribution in [3.05, 3.63) is 65.7 Å². The highest BCUT2D eigenvalue weighted by molar-refractivity contribution is 5.74. The third-order valence-electron chi connectivity index (χ3n) is 4.89. The number of urea groups is 1. The number of carbonyl (C=O) groups is 1. The van der Waals surface area contributed by atoms with Gasteiger partial charge in [-0.3, -0.25) is 4.90 Å². The molecule has 5 nitrogen and oxygen atoms in total. The summed E-state index contributed by atoms with van der Waals surface area (Å²) in [6.07, 6.45) is 0. The van der Waals surface area contributed by atoms with E-state index in [1.807, 2.05) is 60.4 Å². The van der Waals surface area contributed by atoms with E-state index in [2.05, 4.69) is 16.3 Å². The quantitative estimate of drug-likeness (QED) is 0.897. The van der Waals surface area contributed by atoms with Gasteiger partial charge in [-0.1, -0.05) is 48.5 Å². The molecule has 0 aromatic heterocycles. The van der Waals surface area contributed by atoms with E-state index in [-0.39, 0.29) is 12.1 Å². The molecule has 2 amide bonds. The van der Waals surface area contributed by atoms with Gasteiger partial charge in [0.2, 0.25) is 0 Å². The summed E-state index contributed by atoms with van der Waals surface area (Å²) in [5, 5.41) is 3.10. The third kappa shape index (κ3) is 4.55. The Morgan fingerprint density at radius 3 is 2.38 bits per heavy atom. The minimum atomic E-state index is 0.00955. The Balaban J connectivity index is 1.49. The minimum absolute atomic E-state index is 0.00955. The monoisotopic (exact) mass is 353 g/mol. The summed E-state index contributed by atoms with van der Waals surface area (Å²) in [6, 6.07) is 18.2. The van der Waals surface area contributed by atoms with E-state index < -0.39 is 0 Å². The van der Waals surface area contributed by atoms with Gasteiger partial charge in [-0.05, 0) is 18.6 Å². The molecule has 2 aromatic carbocycles. The summed E-state index contributed by atoms with van der Waals surface area (Å²) in [4.78, 5) is 16.8. The van der Waals surface area contributed by atoms with Gasteiger partial charge >= 0.3 is 6.03 Å². The fourth-order valence-electron chi connectivity index (χ4n) is 3.29. The van der Waals surface area contributed by atoms with Gasteiger partial charge < -0.3 is 15.0 Å². The summed E-state index contributed by atoms with van der Waals surface area (Å²) in [7, 11) is 1.70. The fourth-order valence-corrected chi connectivity index (χ4v) is 3.29. The fraction of sp³-hybridized carbons (Fsp3) is 0.381. The zero-order chi connectivity index (χ0) is 18.4. The molecular weight excluding hydrogens is 326 g/mol. The van der Waals surface area contributed by atoms with Crippen LogP contribution in [0.15, 0.2) is 54.6 Å². The molecule has 0 radical (unpaired) electrons. The average molecular weight is 353 g/mol. The Hall–Kier alpha value is -2.53. The Morgan fingerprint density at radius 1 is 1.04 bits per heavy atom. The Labute approximate surface area is 155 Å². The van der Waals surface area contributed by atoms with E-state index in [1.165, 1.54) is 5.56 Å². The predicted octanol–water partition coefficient (Wildman–Crippen LogP) is 3.28. The van der Waals surface area contributed by atoms with Crippen molar-refractivity contribution in [2.24, 2.45) is 0 Å². The van der Waals surface area contributed by atoms with Crippen molar-refractivity contribution in [2.45, 2.75) is 19.5 Å². The van der Waals surface area contributed by atoms with Crippen LogP contribution in [0, 0.1) is 0 Å². The van der Waals surface area contributed by atoms with Crippen LogP contribution in [0.4, 0.5) is 4.79 Å². The van der Waals surface area contributed by atoms with Gasteiger partial charge in [0, 0.05) is 38.3 Å². The van der Waals surface area contributed by atoms with Crippen LogP contribution in [0.3, 0.4) is 0 Å². The maximum atomic E-state index is 12.5. The number of hydrogen-bond acceptors (Lipinski definition) is 3. The van der Waals surface area contributed by atoms with Gasteiger partial charge in [0.05, 0.1) is 13.2 Å². The van der Waals surface area contributed by atoms with Crippen molar-refractivity contribution in [3.8, 4) is 5.75 Å². The first-order chi connectivity index (χ1) is 12.7. The molecule has 0 aliphatic carbocycles. The number of nitrogens with one attached hydrogen (secondary N) is 1. The van der Waals surface area contributed by atoms with Crippen LogP contribution in [0.2, 0.25) is 0 Å². The van der Waals surface area contributed by atoms with E-state index in [4.69, 9.17) is 4.74 Å². The lowest BCUT2D eigenvalue weighted by Gasteiger charge is -2.35. The van der Waals surface area contributed by atoms with Crippen molar-refractivity contribution in [1.29, 1.82) is 0 Å². The molecule has 2 aromatic rings. The molecule has 1 atom stereocenters. The minimum Gasteiger partial charge on any atom is -0.496 e. The van der Waals surface area contributed by atoms with E-state index in [1.54, 1.807) is 7.11 Å². The SMILES string of the molecule is COc1ccccc1CN1CCN(C(=O)NC(C)c2ccccc2)CC1. The maximum Gasteiger partial charge on any atom is 0.317 e. The highest BCUT2D eigenvalue weighted by atomic mass is 16.5. The van der Waals surface area contributed by atoms with Crippen molar-refractivity contribution < 1.29 is 9.53 Å². The first kappa shape index (κ1) is 18.3. The second kappa shape index (κ2) is 8.72. The molecule has 3 rings (SSSR count). The van der Waals surface area contributed by atoms with Gasteiger partial charge in [-0.2, -0.15) is 0 Å². The van der Waals surface area contributed by atoms with E-state index >= 15 is 0 Å². The van der Waals surface area contributed by atoms with Crippen LogP contribution < -0.4 is 10.1 Å². The topological polar surface area (TPSA) is 44.8 Å². The van der Waals surface area contributed by atoms with Crippen molar-refractivity contribution in [1.82, 2.24) is 15.1 Å². The molecule has 1 heterocycles. The summed E-state index contributed by atoms with van der Waals surface area (Å²) in [6.45, 7) is 6.08. The molecule has 1 N–H and O–H groups in total. The number of para-hydroxylation sites is 1. The van der Waals surface area contributed by atoms with Crippen molar-refractivity contribution in [2.75, 3.05) is 33.3 Å². The number of ether oxygens (including phenoxy) is 1. The number of carbonyl (C=O) groups excluding carboxylic acids is 1. The lowest BCUT2D eigenvalue weighted by molar-refractivity contribution is 0.133. The zero-order valence-corrected chi connectivity index (χ0v) is 15.5. The molecule has 1 unspecified atom stereocenters. The highest BCUT2D eigenvalue weighted by Gasteiger charge is 2.22. The number of rotatable bonds is 5. The third-order valence-corrected chi connectivity index (χ3v) is 4.89. The van der Waals surface area contributed by atoms with Crippen LogP contribution in [-0.2, 0) is 6.54 Å². The van der Waals surface area contributed by atoms with E-state index in [9.17, 15) is 4.79 Å². The van der Waals surface area contributed by atoms with E-state index in [0.717, 1.165) is 44.0 Å². The molecular formula is C21H27N3O2. The molecule has 0 saturated carbocycles. The van der Waals surface area contributed by atoms with Crippen LogP contribution in [-0.4, -0.2) is 49.1 Å². The number of piperazine rings is 1. The normalized spacial score (nSPS) is 16.2. The number of hydrogen-bond donors (Lipinski definition) is 1. The van der Waals surface area contributed by atoms with Crippen LogP contribution in [0.1, 0.15) is 24.1 Å². The first-order valence-corrected chi connectivity index (χ1v) is 9.12. The molecule has 0 spiro atoms. The number of nitrogens with zero attached hydrogens (tertiary/aromatic N) is 2. The van der Waals surface area contributed by atoms with Crippen molar-refractivity contribution in [3.63, 3.8) is 0 Å². The smallest absolute Gasteiger partial charge is 0.317 e. The molecule has 1 aliphatic rings. The lowest BCUT2D eigenvalue weighted by atomic mass is 10.1. The van der Waals surface area contributed by atoms with Gasteiger partial charge in [0.15, 0.2) is 0 Å². The molecule has 5 heteroatoms. The maximum absolute atomic E-state index is 12.5. The highest BCUT2D eigenvalue weighted by Crippen LogP contribution is 2.20. The first-order valence-electron chi connectivity index (χ1n) is 9.12. The standard InChI is InChI=1S/C21H27N3O2/c1-17(18-8-4-3-5-9-18)22-21(25)24-14-12-23(13-15-24)16-19-10-6-7-11-20(19)26-2/h3-11,17H,12-16H2,1-2H3,(H,22,25). The van der Waals surface area contributed by atoms with Crippen LogP contribution >= 0.6 is 0 Å². The van der Waals surface area contributed by atoms with Crippen molar-refractivity contribution >= 4 is 6.03 Å². The van der Waals surface area contributed by atoms with Gasteiger partial charge in [-0.25, -0.2) is 4.79 Å². The van der Waals surface area contributed by atoms with E-state index in [0.29, 0.717) is 0 Å².